The second-order valence-corrected chi connectivity index (χ2v) is 5.48. The van der Waals surface area contributed by atoms with Crippen molar-refractivity contribution >= 4 is 0 Å². The summed E-state index contributed by atoms with van der Waals surface area (Å²) in [6.45, 7) is 5.16. The third-order valence-corrected chi connectivity index (χ3v) is 4.00. The number of rotatable bonds is 4. The third-order valence-electron chi connectivity index (χ3n) is 4.00. The summed E-state index contributed by atoms with van der Waals surface area (Å²) >= 11 is 0. The van der Waals surface area contributed by atoms with Crippen LogP contribution in [0.15, 0.2) is 18.2 Å². The Morgan fingerprint density at radius 2 is 1.74 bits per heavy atom. The average Bonchev–Trinajstić information content (AvgIpc) is 2.48. The van der Waals surface area contributed by atoms with E-state index in [4.69, 9.17) is 9.47 Å². The topological polar surface area (TPSA) is 21.7 Å². The maximum absolute atomic E-state index is 5.62. The van der Waals surface area contributed by atoms with Crippen molar-refractivity contribution in [3.05, 3.63) is 23.8 Å². The van der Waals surface area contributed by atoms with E-state index in [2.05, 4.69) is 17.0 Å². The van der Waals surface area contributed by atoms with Gasteiger partial charge in [-0.3, -0.25) is 0 Å². The zero-order chi connectivity index (χ0) is 12.9. The fourth-order valence-corrected chi connectivity index (χ4v) is 2.93. The van der Waals surface area contributed by atoms with E-state index in [9.17, 15) is 0 Å². The first-order valence-electron chi connectivity index (χ1n) is 7.53. The summed E-state index contributed by atoms with van der Waals surface area (Å²) in [6, 6.07) is 6.36. The van der Waals surface area contributed by atoms with Crippen molar-refractivity contribution in [2.45, 2.75) is 32.1 Å². The number of aryl methyl sites for hydroxylation is 1. The summed E-state index contributed by atoms with van der Waals surface area (Å²) in [5, 5.41) is 0. The van der Waals surface area contributed by atoms with Crippen LogP contribution in [0.25, 0.3) is 0 Å². The minimum Gasteiger partial charge on any atom is -0.486 e. The molecule has 3 rings (SSSR count). The number of fused-ring (bicyclic) bond motifs is 1. The molecule has 3 nitrogen and oxygen atoms in total. The highest BCUT2D eigenvalue weighted by atomic mass is 16.6. The molecule has 19 heavy (non-hydrogen) atoms. The molecule has 1 saturated heterocycles. The molecule has 0 spiro atoms. The van der Waals surface area contributed by atoms with Gasteiger partial charge in [-0.05, 0) is 63.0 Å². The Morgan fingerprint density at radius 3 is 2.58 bits per heavy atom. The highest BCUT2D eigenvalue weighted by molar-refractivity contribution is 5.43. The zero-order valence-electron chi connectivity index (χ0n) is 11.6. The minimum absolute atomic E-state index is 0.668. The molecule has 0 N–H and O–H groups in total. The SMILES string of the molecule is c1cc2c(cc1CCCN1CCCCC1)OCCO2. The van der Waals surface area contributed by atoms with E-state index < -0.39 is 0 Å². The second kappa shape index (κ2) is 6.29. The van der Waals surface area contributed by atoms with Gasteiger partial charge >= 0.3 is 0 Å². The van der Waals surface area contributed by atoms with Crippen LogP contribution in [-0.4, -0.2) is 37.7 Å². The molecule has 2 aliphatic rings. The monoisotopic (exact) mass is 261 g/mol. The summed E-state index contributed by atoms with van der Waals surface area (Å²) in [4.78, 5) is 2.60. The summed E-state index contributed by atoms with van der Waals surface area (Å²) in [5.41, 5.74) is 1.36. The number of piperidine rings is 1. The van der Waals surface area contributed by atoms with Gasteiger partial charge in [0, 0.05) is 0 Å². The van der Waals surface area contributed by atoms with Gasteiger partial charge in [0.1, 0.15) is 13.2 Å². The summed E-state index contributed by atoms with van der Waals surface area (Å²) in [5.74, 6) is 1.81. The quantitative estimate of drug-likeness (QED) is 0.832. The molecule has 1 fully saturated rings. The van der Waals surface area contributed by atoms with Crippen LogP contribution >= 0.6 is 0 Å². The van der Waals surface area contributed by atoms with Gasteiger partial charge < -0.3 is 14.4 Å². The number of likely N-dealkylation sites (tertiary alicyclic amines) is 1. The Labute approximate surface area is 115 Å². The molecule has 0 aliphatic carbocycles. The Bertz CT molecular complexity index is 413. The van der Waals surface area contributed by atoms with Crippen LogP contribution in [-0.2, 0) is 6.42 Å². The fraction of sp³-hybridized carbons (Fsp3) is 0.625. The zero-order valence-corrected chi connectivity index (χ0v) is 11.6. The Balaban J connectivity index is 1.49. The van der Waals surface area contributed by atoms with Crippen molar-refractivity contribution in [2.75, 3.05) is 32.8 Å². The molecule has 0 saturated carbocycles. The minimum atomic E-state index is 0.668. The molecule has 1 aromatic rings. The number of hydrogen-bond donors (Lipinski definition) is 0. The first-order valence-corrected chi connectivity index (χ1v) is 7.53. The van der Waals surface area contributed by atoms with Crippen LogP contribution < -0.4 is 9.47 Å². The van der Waals surface area contributed by atoms with Gasteiger partial charge in [0.15, 0.2) is 11.5 Å². The molecule has 0 radical (unpaired) electrons. The van der Waals surface area contributed by atoms with Crippen LogP contribution in [0.5, 0.6) is 11.5 Å². The summed E-state index contributed by atoms with van der Waals surface area (Å²) in [7, 11) is 0. The Morgan fingerprint density at radius 1 is 0.947 bits per heavy atom. The molecule has 2 aliphatic heterocycles. The van der Waals surface area contributed by atoms with Gasteiger partial charge in [0.25, 0.3) is 0 Å². The molecule has 2 heterocycles. The van der Waals surface area contributed by atoms with Crippen LogP contribution in [0.1, 0.15) is 31.2 Å². The van der Waals surface area contributed by atoms with Crippen molar-refractivity contribution in [1.82, 2.24) is 4.90 Å². The third kappa shape index (κ3) is 3.41. The van der Waals surface area contributed by atoms with Crippen molar-refractivity contribution in [1.29, 1.82) is 0 Å². The van der Waals surface area contributed by atoms with E-state index in [-0.39, 0.29) is 0 Å². The van der Waals surface area contributed by atoms with E-state index >= 15 is 0 Å². The molecule has 0 amide bonds. The number of ether oxygens (including phenoxy) is 2. The van der Waals surface area contributed by atoms with Crippen LogP contribution in [0.2, 0.25) is 0 Å². The molecule has 0 bridgehead atoms. The average molecular weight is 261 g/mol. The van der Waals surface area contributed by atoms with Crippen LogP contribution in [0, 0.1) is 0 Å². The maximum Gasteiger partial charge on any atom is 0.161 e. The van der Waals surface area contributed by atoms with Crippen molar-refractivity contribution in [2.24, 2.45) is 0 Å². The smallest absolute Gasteiger partial charge is 0.161 e. The molecule has 1 aromatic carbocycles. The molecular weight excluding hydrogens is 238 g/mol. The van der Waals surface area contributed by atoms with Gasteiger partial charge in [-0.15, -0.1) is 0 Å². The molecule has 104 valence electrons. The largest absolute Gasteiger partial charge is 0.486 e. The molecule has 0 aromatic heterocycles. The van der Waals surface area contributed by atoms with Crippen molar-refractivity contribution < 1.29 is 9.47 Å². The Kier molecular flexibility index (Phi) is 4.23. The fourth-order valence-electron chi connectivity index (χ4n) is 2.93. The lowest BCUT2D eigenvalue weighted by Gasteiger charge is -2.26. The first-order chi connectivity index (χ1) is 9.42. The molecule has 0 unspecified atom stereocenters. The van der Waals surface area contributed by atoms with E-state index in [0.29, 0.717) is 13.2 Å². The first kappa shape index (κ1) is 12.8. The van der Waals surface area contributed by atoms with Gasteiger partial charge in [0.2, 0.25) is 0 Å². The molecule has 3 heteroatoms. The lowest BCUT2D eigenvalue weighted by atomic mass is 10.1. The predicted molar refractivity (Wildman–Crippen MR) is 76.0 cm³/mol. The van der Waals surface area contributed by atoms with Gasteiger partial charge in [-0.2, -0.15) is 0 Å². The number of nitrogens with zero attached hydrogens (tertiary/aromatic N) is 1. The maximum atomic E-state index is 5.62. The molecule has 0 atom stereocenters. The summed E-state index contributed by atoms with van der Waals surface area (Å²) in [6.07, 6.45) is 6.54. The van der Waals surface area contributed by atoms with Gasteiger partial charge in [-0.1, -0.05) is 12.5 Å². The highest BCUT2D eigenvalue weighted by Crippen LogP contribution is 2.31. The lowest BCUT2D eigenvalue weighted by molar-refractivity contribution is 0.171. The van der Waals surface area contributed by atoms with Crippen LogP contribution in [0.3, 0.4) is 0 Å². The van der Waals surface area contributed by atoms with E-state index in [1.807, 2.05) is 6.07 Å². The van der Waals surface area contributed by atoms with Gasteiger partial charge in [0.05, 0.1) is 0 Å². The van der Waals surface area contributed by atoms with Crippen molar-refractivity contribution in [3.63, 3.8) is 0 Å². The van der Waals surface area contributed by atoms with E-state index in [1.165, 1.54) is 50.9 Å². The normalized spacial score (nSPS) is 19.4. The highest BCUT2D eigenvalue weighted by Gasteiger charge is 2.12. The lowest BCUT2D eigenvalue weighted by Crippen LogP contribution is -2.30. The number of hydrogen-bond acceptors (Lipinski definition) is 3. The predicted octanol–water partition coefficient (Wildman–Crippen LogP) is 2.88. The number of benzene rings is 1. The van der Waals surface area contributed by atoms with Crippen LogP contribution in [0.4, 0.5) is 0 Å². The summed E-state index contributed by atoms with van der Waals surface area (Å²) < 4.78 is 11.2. The standard InChI is InChI=1S/C16H23NO2/c1-2-8-17(9-3-1)10-4-5-14-6-7-15-16(13-14)19-12-11-18-15/h6-7,13H,1-5,8-12H2. The van der Waals surface area contributed by atoms with Gasteiger partial charge in [-0.25, -0.2) is 0 Å². The van der Waals surface area contributed by atoms with E-state index in [1.54, 1.807) is 0 Å². The second-order valence-electron chi connectivity index (χ2n) is 5.48. The Hall–Kier alpha value is -1.22. The van der Waals surface area contributed by atoms with Crippen molar-refractivity contribution in [3.8, 4) is 11.5 Å². The molecular formula is C16H23NO2. The van der Waals surface area contributed by atoms with E-state index in [0.717, 1.165) is 17.9 Å².